The van der Waals surface area contributed by atoms with Gasteiger partial charge in [0.15, 0.2) is 6.10 Å². The van der Waals surface area contributed by atoms with Gasteiger partial charge in [0.25, 0.3) is 11.8 Å². The van der Waals surface area contributed by atoms with Gasteiger partial charge in [-0.05, 0) is 43.7 Å². The molecule has 0 radical (unpaired) electrons. The first-order chi connectivity index (χ1) is 13.0. The number of morpholine rings is 1. The molecule has 27 heavy (non-hydrogen) atoms. The molecule has 0 saturated carbocycles. The number of para-hydroxylation sites is 1. The maximum absolute atomic E-state index is 12.8. The zero-order chi connectivity index (χ0) is 19.2. The smallest absolute Gasteiger partial charge is 0.265 e. The van der Waals surface area contributed by atoms with Crippen molar-refractivity contribution in [3.8, 4) is 5.75 Å². The third-order valence-electron chi connectivity index (χ3n) is 4.39. The van der Waals surface area contributed by atoms with Crippen LogP contribution < -0.4 is 10.1 Å². The Balaban J connectivity index is 1.69. The normalized spacial score (nSPS) is 15.1. The third-order valence-corrected chi connectivity index (χ3v) is 4.39. The van der Waals surface area contributed by atoms with Crippen LogP contribution in [0.2, 0.25) is 0 Å². The predicted octanol–water partition coefficient (Wildman–Crippen LogP) is 2.87. The lowest BCUT2D eigenvalue weighted by Crippen LogP contribution is -2.41. The van der Waals surface area contributed by atoms with Crippen LogP contribution in [0.15, 0.2) is 48.5 Å². The van der Waals surface area contributed by atoms with Crippen molar-refractivity contribution in [3.63, 3.8) is 0 Å². The van der Waals surface area contributed by atoms with E-state index in [1.807, 2.05) is 31.2 Å². The van der Waals surface area contributed by atoms with E-state index in [0.717, 1.165) is 5.56 Å². The number of rotatable bonds is 5. The van der Waals surface area contributed by atoms with Gasteiger partial charge in [-0.25, -0.2) is 0 Å². The van der Waals surface area contributed by atoms with Crippen molar-refractivity contribution in [1.82, 2.24) is 4.90 Å². The van der Waals surface area contributed by atoms with Crippen LogP contribution in [0.4, 0.5) is 5.69 Å². The molecular weight excluding hydrogens is 344 g/mol. The molecule has 6 heteroatoms. The lowest BCUT2D eigenvalue weighted by molar-refractivity contribution is -0.122. The molecule has 1 N–H and O–H groups in total. The summed E-state index contributed by atoms with van der Waals surface area (Å²) < 4.78 is 11.0. The van der Waals surface area contributed by atoms with Crippen LogP contribution in [0, 0.1) is 6.92 Å². The number of nitrogens with zero attached hydrogens (tertiary/aromatic N) is 1. The second kappa shape index (κ2) is 8.68. The van der Waals surface area contributed by atoms with E-state index in [4.69, 9.17) is 9.47 Å². The molecule has 2 aromatic carbocycles. The van der Waals surface area contributed by atoms with Crippen molar-refractivity contribution in [3.05, 3.63) is 59.7 Å². The first kappa shape index (κ1) is 18.9. The summed E-state index contributed by atoms with van der Waals surface area (Å²) in [6.45, 7) is 5.81. The minimum atomic E-state index is -0.696. The van der Waals surface area contributed by atoms with Gasteiger partial charge >= 0.3 is 0 Å². The Morgan fingerprint density at radius 3 is 2.59 bits per heavy atom. The Kier molecular flexibility index (Phi) is 6.08. The summed E-state index contributed by atoms with van der Waals surface area (Å²) in [6, 6.07) is 14.6. The summed E-state index contributed by atoms with van der Waals surface area (Å²) in [5, 5.41) is 2.82. The molecule has 0 bridgehead atoms. The monoisotopic (exact) mass is 368 g/mol. The summed E-state index contributed by atoms with van der Waals surface area (Å²) in [5.74, 6) is 0.218. The average molecular weight is 368 g/mol. The van der Waals surface area contributed by atoms with Crippen LogP contribution >= 0.6 is 0 Å². The first-order valence-corrected chi connectivity index (χ1v) is 9.05. The quantitative estimate of drug-likeness (QED) is 0.881. The highest BCUT2D eigenvalue weighted by atomic mass is 16.5. The van der Waals surface area contributed by atoms with Crippen LogP contribution in [0.5, 0.6) is 5.75 Å². The van der Waals surface area contributed by atoms with Crippen molar-refractivity contribution in [2.24, 2.45) is 0 Å². The van der Waals surface area contributed by atoms with E-state index in [-0.39, 0.29) is 11.8 Å². The van der Waals surface area contributed by atoms with E-state index < -0.39 is 6.10 Å². The topological polar surface area (TPSA) is 67.9 Å². The Morgan fingerprint density at radius 1 is 1.11 bits per heavy atom. The molecule has 142 valence electrons. The van der Waals surface area contributed by atoms with Gasteiger partial charge in [0.1, 0.15) is 5.75 Å². The Hall–Kier alpha value is -2.86. The number of amides is 2. The highest BCUT2D eigenvalue weighted by molar-refractivity contribution is 6.04. The van der Waals surface area contributed by atoms with E-state index in [9.17, 15) is 9.59 Å². The molecule has 0 aromatic heterocycles. The summed E-state index contributed by atoms with van der Waals surface area (Å²) in [5.41, 5.74) is 2.01. The van der Waals surface area contributed by atoms with Gasteiger partial charge in [0, 0.05) is 13.1 Å². The molecule has 2 aromatic rings. The van der Waals surface area contributed by atoms with Crippen molar-refractivity contribution in [2.75, 3.05) is 31.6 Å². The highest BCUT2D eigenvalue weighted by Crippen LogP contribution is 2.20. The van der Waals surface area contributed by atoms with E-state index in [1.165, 1.54) is 0 Å². The standard InChI is InChI=1S/C21H24N2O4/c1-15-6-5-7-17(14-15)27-16(2)20(24)22-19-9-4-3-8-18(19)21(25)23-10-12-26-13-11-23/h3-9,14,16H,10-13H2,1-2H3,(H,22,24)/t16-/m1/s1. The van der Waals surface area contributed by atoms with Crippen molar-refractivity contribution >= 4 is 17.5 Å². The summed E-state index contributed by atoms with van der Waals surface area (Å²) in [6.07, 6.45) is -0.696. The lowest BCUT2D eigenvalue weighted by Gasteiger charge is -2.27. The fourth-order valence-electron chi connectivity index (χ4n) is 2.90. The molecule has 0 aliphatic carbocycles. The van der Waals surface area contributed by atoms with Crippen LogP contribution in [0.25, 0.3) is 0 Å². The average Bonchev–Trinajstić information content (AvgIpc) is 2.68. The zero-order valence-electron chi connectivity index (χ0n) is 15.6. The number of carbonyl (C=O) groups is 2. The van der Waals surface area contributed by atoms with Crippen molar-refractivity contribution in [1.29, 1.82) is 0 Å². The van der Waals surface area contributed by atoms with Crippen molar-refractivity contribution in [2.45, 2.75) is 20.0 Å². The van der Waals surface area contributed by atoms with Gasteiger partial charge in [-0.2, -0.15) is 0 Å². The molecule has 2 amide bonds. The molecule has 3 rings (SSSR count). The van der Waals surface area contributed by atoms with Gasteiger partial charge in [0.2, 0.25) is 0 Å². The molecule has 6 nitrogen and oxygen atoms in total. The molecule has 1 fully saturated rings. The molecule has 1 aliphatic rings. The second-order valence-electron chi connectivity index (χ2n) is 6.52. The summed E-state index contributed by atoms with van der Waals surface area (Å²) >= 11 is 0. The molecule has 1 atom stereocenters. The Morgan fingerprint density at radius 2 is 1.85 bits per heavy atom. The number of aryl methyl sites for hydroxylation is 1. The predicted molar refractivity (Wildman–Crippen MR) is 103 cm³/mol. The largest absolute Gasteiger partial charge is 0.481 e. The van der Waals surface area contributed by atoms with E-state index in [0.29, 0.717) is 43.3 Å². The second-order valence-corrected chi connectivity index (χ2v) is 6.52. The summed E-state index contributed by atoms with van der Waals surface area (Å²) in [4.78, 5) is 27.1. The van der Waals surface area contributed by atoms with E-state index in [2.05, 4.69) is 5.32 Å². The van der Waals surface area contributed by atoms with Crippen LogP contribution in [0.1, 0.15) is 22.8 Å². The number of ether oxygens (including phenoxy) is 2. The number of nitrogens with one attached hydrogen (secondary N) is 1. The number of benzene rings is 2. The highest BCUT2D eigenvalue weighted by Gasteiger charge is 2.23. The minimum absolute atomic E-state index is 0.110. The van der Waals surface area contributed by atoms with Crippen LogP contribution in [-0.2, 0) is 9.53 Å². The van der Waals surface area contributed by atoms with Crippen molar-refractivity contribution < 1.29 is 19.1 Å². The zero-order valence-corrected chi connectivity index (χ0v) is 15.6. The molecular formula is C21H24N2O4. The SMILES string of the molecule is Cc1cccc(O[C@H](C)C(=O)Nc2ccccc2C(=O)N2CCOCC2)c1. The molecule has 0 unspecified atom stereocenters. The van der Waals surface area contributed by atoms with Gasteiger partial charge < -0.3 is 19.7 Å². The number of anilines is 1. The van der Waals surface area contributed by atoms with Crippen LogP contribution in [0.3, 0.4) is 0 Å². The first-order valence-electron chi connectivity index (χ1n) is 9.05. The van der Waals surface area contributed by atoms with Gasteiger partial charge in [0.05, 0.1) is 24.5 Å². The number of hydrogen-bond acceptors (Lipinski definition) is 4. The maximum Gasteiger partial charge on any atom is 0.265 e. The molecule has 1 heterocycles. The fourth-order valence-corrected chi connectivity index (χ4v) is 2.90. The number of carbonyl (C=O) groups excluding carboxylic acids is 2. The Labute approximate surface area is 159 Å². The summed E-state index contributed by atoms with van der Waals surface area (Å²) in [7, 11) is 0. The molecule has 1 aliphatic heterocycles. The fraction of sp³-hybridized carbons (Fsp3) is 0.333. The van der Waals surface area contributed by atoms with Gasteiger partial charge in [-0.1, -0.05) is 24.3 Å². The van der Waals surface area contributed by atoms with Crippen LogP contribution in [-0.4, -0.2) is 49.1 Å². The van der Waals surface area contributed by atoms with Gasteiger partial charge in [-0.15, -0.1) is 0 Å². The molecule has 0 spiro atoms. The lowest BCUT2D eigenvalue weighted by atomic mass is 10.1. The Bertz CT molecular complexity index is 815. The van der Waals surface area contributed by atoms with E-state index >= 15 is 0 Å². The maximum atomic E-state index is 12.8. The van der Waals surface area contributed by atoms with E-state index in [1.54, 1.807) is 36.1 Å². The third kappa shape index (κ3) is 4.86. The van der Waals surface area contributed by atoms with Gasteiger partial charge in [-0.3, -0.25) is 9.59 Å². The number of hydrogen-bond donors (Lipinski definition) is 1. The minimum Gasteiger partial charge on any atom is -0.481 e. The molecule has 1 saturated heterocycles.